The van der Waals surface area contributed by atoms with E-state index in [9.17, 15) is 40.9 Å². The third kappa shape index (κ3) is 4.74. The number of hydrogen-bond donors (Lipinski definition) is 8. The maximum absolute atomic E-state index is 10.5. The molecule has 2 aliphatic carbocycles. The molecule has 14 heteroatoms. The molecule has 206 valence electrons. The Balaban J connectivity index is 1.36. The number of nitrogens with zero attached hydrogens (tertiary/aromatic N) is 6. The van der Waals surface area contributed by atoms with Crippen molar-refractivity contribution in [2.45, 2.75) is 61.5 Å². The molecule has 2 aromatic heterocycles. The molecule has 0 unspecified atom stereocenters. The molecule has 1 aromatic carbocycles. The van der Waals surface area contributed by atoms with Crippen LogP contribution in [-0.4, -0.2) is 121 Å². The Bertz CT molecular complexity index is 1140. The number of aromatic nitrogens is 6. The molecule has 38 heavy (non-hydrogen) atoms. The van der Waals surface area contributed by atoms with Crippen LogP contribution in [0.4, 0.5) is 0 Å². The lowest BCUT2D eigenvalue weighted by molar-refractivity contribution is -0.139. The van der Waals surface area contributed by atoms with Gasteiger partial charge in [-0.15, -0.1) is 10.2 Å². The van der Waals surface area contributed by atoms with Crippen LogP contribution in [0.5, 0.6) is 0 Å². The molecule has 0 saturated heterocycles. The maximum atomic E-state index is 10.5. The van der Waals surface area contributed by atoms with Gasteiger partial charge >= 0.3 is 0 Å². The van der Waals surface area contributed by atoms with E-state index in [1.807, 2.05) is 18.2 Å². The first-order valence-electron chi connectivity index (χ1n) is 12.5. The molecule has 3 aromatic rings. The van der Waals surface area contributed by atoms with E-state index in [2.05, 4.69) is 20.6 Å². The molecule has 2 aliphatic rings. The molecule has 2 fully saturated rings. The topological polar surface area (TPSA) is 223 Å². The summed E-state index contributed by atoms with van der Waals surface area (Å²) >= 11 is 0. The molecule has 0 bridgehead atoms. The van der Waals surface area contributed by atoms with Gasteiger partial charge in [0, 0.05) is 36.2 Å². The van der Waals surface area contributed by atoms with Crippen LogP contribution in [0.3, 0.4) is 0 Å². The van der Waals surface area contributed by atoms with E-state index in [1.165, 1.54) is 9.36 Å². The molecule has 0 spiro atoms. The number of hydrogen-bond acceptors (Lipinski definition) is 12. The molecule has 2 saturated carbocycles. The average molecular weight is 533 g/mol. The van der Waals surface area contributed by atoms with Gasteiger partial charge in [-0.25, -0.2) is 9.36 Å². The smallest absolute Gasteiger partial charge is 0.113 e. The Morgan fingerprint density at radius 3 is 1.45 bits per heavy atom. The third-order valence-corrected chi connectivity index (χ3v) is 7.87. The van der Waals surface area contributed by atoms with E-state index in [1.54, 1.807) is 18.5 Å². The number of benzene rings is 1. The van der Waals surface area contributed by atoms with Gasteiger partial charge in [-0.05, 0) is 18.9 Å². The summed E-state index contributed by atoms with van der Waals surface area (Å²) in [5, 5.41) is 97.2. The molecule has 10 atom stereocenters. The maximum Gasteiger partial charge on any atom is 0.113 e. The van der Waals surface area contributed by atoms with Crippen molar-refractivity contribution in [1.82, 2.24) is 30.0 Å². The van der Waals surface area contributed by atoms with Gasteiger partial charge in [-0.1, -0.05) is 28.6 Å². The van der Waals surface area contributed by atoms with Gasteiger partial charge in [0.25, 0.3) is 0 Å². The fourth-order valence-corrected chi connectivity index (χ4v) is 5.47. The van der Waals surface area contributed by atoms with Gasteiger partial charge in [0.05, 0.1) is 36.7 Å². The van der Waals surface area contributed by atoms with Crippen LogP contribution in [0, 0.1) is 11.8 Å². The minimum absolute atomic E-state index is 0.206. The molecular weight excluding hydrogens is 500 g/mol. The van der Waals surface area contributed by atoms with E-state index in [4.69, 9.17) is 0 Å². The highest BCUT2D eigenvalue weighted by atomic mass is 16.4. The predicted molar refractivity (Wildman–Crippen MR) is 129 cm³/mol. The Labute approximate surface area is 217 Å². The summed E-state index contributed by atoms with van der Waals surface area (Å²) in [6, 6.07) is 5.84. The minimum Gasteiger partial charge on any atom is -0.396 e. The van der Waals surface area contributed by atoms with E-state index >= 15 is 0 Å². The second-order valence-electron chi connectivity index (χ2n) is 10.2. The molecule has 0 aliphatic heterocycles. The molecule has 14 nitrogen and oxygen atoms in total. The highest BCUT2D eigenvalue weighted by Crippen LogP contribution is 2.35. The van der Waals surface area contributed by atoms with Gasteiger partial charge in [0.2, 0.25) is 0 Å². The lowest BCUT2D eigenvalue weighted by Gasteiger charge is -2.39. The molecule has 2 heterocycles. The minimum atomic E-state index is -1.43. The van der Waals surface area contributed by atoms with Crippen molar-refractivity contribution >= 4 is 0 Å². The second-order valence-corrected chi connectivity index (χ2v) is 10.2. The van der Waals surface area contributed by atoms with E-state index in [0.29, 0.717) is 22.5 Å². The fraction of sp³-hybridized carbons (Fsp3) is 0.583. The first-order valence-corrected chi connectivity index (χ1v) is 12.5. The second kappa shape index (κ2) is 10.7. The van der Waals surface area contributed by atoms with E-state index in [-0.39, 0.29) is 26.1 Å². The Morgan fingerprint density at radius 1 is 0.632 bits per heavy atom. The first-order chi connectivity index (χ1) is 18.2. The summed E-state index contributed by atoms with van der Waals surface area (Å²) in [6.07, 6.45) is -4.27. The predicted octanol–water partition coefficient (Wildman–Crippen LogP) is -2.52. The number of aliphatic hydroxyl groups excluding tert-OH is 8. The molecule has 5 rings (SSSR count). The third-order valence-electron chi connectivity index (χ3n) is 7.87. The quantitative estimate of drug-likeness (QED) is 0.165. The lowest BCUT2D eigenvalue weighted by Crippen LogP contribution is -2.52. The normalized spacial score (nSPS) is 35.9. The molecular formula is C24H32N6O8. The van der Waals surface area contributed by atoms with Gasteiger partial charge in [-0.3, -0.25) is 0 Å². The highest BCUT2D eigenvalue weighted by molar-refractivity contribution is 5.68. The van der Waals surface area contributed by atoms with Crippen LogP contribution < -0.4 is 0 Å². The summed E-state index contributed by atoms with van der Waals surface area (Å²) in [7, 11) is 0. The summed E-state index contributed by atoms with van der Waals surface area (Å²) in [5.74, 6) is -1.23. The fourth-order valence-electron chi connectivity index (χ4n) is 5.47. The summed E-state index contributed by atoms with van der Waals surface area (Å²) < 4.78 is 2.84. The summed E-state index contributed by atoms with van der Waals surface area (Å²) in [5.41, 5.74) is 2.34. The van der Waals surface area contributed by atoms with Gasteiger partial charge in [0.15, 0.2) is 0 Å². The zero-order valence-corrected chi connectivity index (χ0v) is 20.3. The lowest BCUT2D eigenvalue weighted by atomic mass is 9.80. The van der Waals surface area contributed by atoms with Crippen LogP contribution in [-0.2, 0) is 0 Å². The Hall–Kier alpha value is -2.82. The zero-order chi connectivity index (χ0) is 27.1. The zero-order valence-electron chi connectivity index (χ0n) is 20.3. The van der Waals surface area contributed by atoms with Crippen LogP contribution in [0.15, 0.2) is 36.7 Å². The van der Waals surface area contributed by atoms with Gasteiger partial charge in [-0.2, -0.15) is 0 Å². The SMILES string of the molecule is OC[C@H]1C[C@H](n2cc(-c3cccc(-c4cn([C@H]5C[C@H](CO)[C@@H](O)[C@H](O)[C@@H]5O)nn4)c3)nn2)[C@@H](O)[C@@H](O)[C@@H]1O. The number of rotatable bonds is 6. The van der Waals surface area contributed by atoms with Crippen LogP contribution >= 0.6 is 0 Å². The van der Waals surface area contributed by atoms with Crippen molar-refractivity contribution < 1.29 is 40.9 Å². The average Bonchev–Trinajstić information content (AvgIpc) is 3.62. The highest BCUT2D eigenvalue weighted by Gasteiger charge is 2.44. The summed E-state index contributed by atoms with van der Waals surface area (Å²) in [4.78, 5) is 0. The van der Waals surface area contributed by atoms with Crippen molar-refractivity contribution in [2.75, 3.05) is 13.2 Å². The molecule has 0 radical (unpaired) electrons. The Kier molecular flexibility index (Phi) is 7.57. The van der Waals surface area contributed by atoms with Crippen molar-refractivity contribution in [2.24, 2.45) is 11.8 Å². The monoisotopic (exact) mass is 532 g/mol. The van der Waals surface area contributed by atoms with Gasteiger partial charge in [0.1, 0.15) is 35.8 Å². The molecule has 0 amide bonds. The number of aliphatic hydroxyl groups is 8. The van der Waals surface area contributed by atoms with E-state index in [0.717, 1.165) is 0 Å². The van der Waals surface area contributed by atoms with Crippen molar-refractivity contribution in [3.8, 4) is 22.5 Å². The van der Waals surface area contributed by atoms with Crippen LogP contribution in [0.2, 0.25) is 0 Å². The van der Waals surface area contributed by atoms with Crippen molar-refractivity contribution in [1.29, 1.82) is 0 Å². The Morgan fingerprint density at radius 2 is 1.05 bits per heavy atom. The van der Waals surface area contributed by atoms with Crippen molar-refractivity contribution in [3.05, 3.63) is 36.7 Å². The van der Waals surface area contributed by atoms with Crippen LogP contribution in [0.1, 0.15) is 24.9 Å². The standard InChI is InChI=1S/C24H32N6O8/c31-9-13-5-17(21(35)23(37)19(13)33)29-7-15(25-27-29)11-2-1-3-12(4-11)16-8-30(28-26-16)18-6-14(10-32)20(34)24(38)22(18)36/h1-4,7-8,13-14,17-24,31-38H,5-6,9-10H2/t13-,14-,17+,18+,19-,20-,21-,22-,23+,24+/m1/s1. The largest absolute Gasteiger partial charge is 0.396 e. The van der Waals surface area contributed by atoms with Crippen LogP contribution in [0.25, 0.3) is 22.5 Å². The van der Waals surface area contributed by atoms with Gasteiger partial charge < -0.3 is 40.9 Å². The van der Waals surface area contributed by atoms with Crippen molar-refractivity contribution in [3.63, 3.8) is 0 Å². The summed E-state index contributed by atoms with van der Waals surface area (Å²) in [6.45, 7) is -0.687. The molecule has 8 N–H and O–H groups in total. The first kappa shape index (κ1) is 26.8. The van der Waals surface area contributed by atoms with E-state index < -0.39 is 60.5 Å².